The molecule has 3 rings (SSSR count). The summed E-state index contributed by atoms with van der Waals surface area (Å²) in [6.45, 7) is 1.43. The quantitative estimate of drug-likeness (QED) is 0.615. The van der Waals surface area contributed by atoms with Crippen LogP contribution in [0, 0.1) is 0 Å². The molecular formula is C20H18N2O5S. The molecule has 1 fully saturated rings. The van der Waals surface area contributed by atoms with Crippen LogP contribution in [-0.2, 0) is 19.1 Å². The first-order valence-electron chi connectivity index (χ1n) is 8.48. The number of benzene rings is 2. The third-order valence-corrected chi connectivity index (χ3v) is 5.30. The first-order valence-corrected chi connectivity index (χ1v) is 9.36. The minimum Gasteiger partial charge on any atom is -0.465 e. The number of rotatable bonds is 5. The zero-order chi connectivity index (χ0) is 20.3. The molecule has 0 bridgehead atoms. The van der Waals surface area contributed by atoms with Gasteiger partial charge in [-0.1, -0.05) is 0 Å². The van der Waals surface area contributed by atoms with Crippen molar-refractivity contribution in [3.63, 3.8) is 0 Å². The van der Waals surface area contributed by atoms with Crippen molar-refractivity contribution in [1.82, 2.24) is 0 Å². The normalized spacial score (nSPS) is 16.2. The molecule has 1 heterocycles. The van der Waals surface area contributed by atoms with Crippen molar-refractivity contribution >= 4 is 46.8 Å². The van der Waals surface area contributed by atoms with Gasteiger partial charge in [-0.2, -0.15) is 0 Å². The first-order chi connectivity index (χ1) is 13.4. The summed E-state index contributed by atoms with van der Waals surface area (Å²) in [7, 11) is 1.29. The monoisotopic (exact) mass is 398 g/mol. The third kappa shape index (κ3) is 4.23. The highest BCUT2D eigenvalue weighted by atomic mass is 32.2. The molecule has 0 spiro atoms. The third-order valence-electron chi connectivity index (χ3n) is 4.10. The Hall–Kier alpha value is -3.13. The van der Waals surface area contributed by atoms with Gasteiger partial charge in [0.25, 0.3) is 0 Å². The van der Waals surface area contributed by atoms with Gasteiger partial charge in [0.2, 0.25) is 17.7 Å². The molecule has 2 aromatic carbocycles. The van der Waals surface area contributed by atoms with E-state index in [1.165, 1.54) is 37.9 Å². The molecule has 7 nitrogen and oxygen atoms in total. The molecule has 0 aromatic heterocycles. The lowest BCUT2D eigenvalue weighted by Gasteiger charge is -2.15. The Morgan fingerprint density at radius 2 is 1.71 bits per heavy atom. The number of hydrogen-bond donors (Lipinski definition) is 1. The molecule has 0 radical (unpaired) electrons. The highest BCUT2D eigenvalue weighted by molar-refractivity contribution is 8.00. The second-order valence-corrected chi connectivity index (χ2v) is 7.40. The van der Waals surface area contributed by atoms with Crippen molar-refractivity contribution in [2.45, 2.75) is 23.5 Å². The van der Waals surface area contributed by atoms with Gasteiger partial charge in [0.1, 0.15) is 0 Å². The average molecular weight is 398 g/mol. The Labute approximate surface area is 166 Å². The fraction of sp³-hybridized carbons (Fsp3) is 0.200. The number of methoxy groups -OCH3 is 1. The summed E-state index contributed by atoms with van der Waals surface area (Å²) in [5, 5.41) is 2.15. The second kappa shape index (κ2) is 8.26. The van der Waals surface area contributed by atoms with Crippen molar-refractivity contribution in [3.05, 3.63) is 54.1 Å². The Kier molecular flexibility index (Phi) is 5.79. The zero-order valence-corrected chi connectivity index (χ0v) is 16.1. The number of imide groups is 1. The van der Waals surface area contributed by atoms with Crippen LogP contribution in [0.2, 0.25) is 0 Å². The van der Waals surface area contributed by atoms with E-state index in [2.05, 4.69) is 10.1 Å². The molecule has 1 aliphatic heterocycles. The van der Waals surface area contributed by atoms with E-state index in [9.17, 15) is 19.2 Å². The van der Waals surface area contributed by atoms with Crippen LogP contribution in [-0.4, -0.2) is 36.1 Å². The van der Waals surface area contributed by atoms with Crippen LogP contribution in [0.3, 0.4) is 0 Å². The SMILES string of the molecule is COC(=O)c1ccc(N2C(=O)CC(Sc3ccc(NC(C)=O)cc3)C2=O)cc1. The van der Waals surface area contributed by atoms with Crippen LogP contribution in [0.5, 0.6) is 0 Å². The molecule has 1 saturated heterocycles. The highest BCUT2D eigenvalue weighted by Gasteiger charge is 2.40. The van der Waals surface area contributed by atoms with Gasteiger partial charge in [0.05, 0.1) is 23.6 Å². The molecule has 0 saturated carbocycles. The van der Waals surface area contributed by atoms with E-state index in [1.807, 2.05) is 0 Å². The van der Waals surface area contributed by atoms with Crippen LogP contribution < -0.4 is 10.2 Å². The topological polar surface area (TPSA) is 92.8 Å². The Morgan fingerprint density at radius 1 is 1.07 bits per heavy atom. The minimum atomic E-state index is -0.528. The lowest BCUT2D eigenvalue weighted by molar-refractivity contribution is -0.121. The average Bonchev–Trinajstić information content (AvgIpc) is 2.95. The number of nitrogens with zero attached hydrogens (tertiary/aromatic N) is 1. The standard InChI is InChI=1S/C20H18N2O5S/c1-12(23)21-14-5-9-16(10-6-14)28-17-11-18(24)22(19(17)25)15-7-3-13(4-8-15)20(26)27-2/h3-10,17H,11H2,1-2H3,(H,21,23). The van der Waals surface area contributed by atoms with Gasteiger partial charge >= 0.3 is 5.97 Å². The number of carbonyl (C=O) groups is 4. The summed E-state index contributed by atoms with van der Waals surface area (Å²) < 4.78 is 4.64. The van der Waals surface area contributed by atoms with E-state index in [1.54, 1.807) is 36.4 Å². The van der Waals surface area contributed by atoms with E-state index in [0.717, 1.165) is 9.80 Å². The van der Waals surface area contributed by atoms with Gasteiger partial charge in [-0.15, -0.1) is 11.8 Å². The number of nitrogens with one attached hydrogen (secondary N) is 1. The predicted molar refractivity (Wildman–Crippen MR) is 105 cm³/mol. The molecule has 1 aliphatic rings. The smallest absolute Gasteiger partial charge is 0.337 e. The minimum absolute atomic E-state index is 0.0930. The maximum Gasteiger partial charge on any atom is 0.337 e. The van der Waals surface area contributed by atoms with Gasteiger partial charge in [0.15, 0.2) is 0 Å². The van der Waals surface area contributed by atoms with E-state index in [0.29, 0.717) is 16.9 Å². The summed E-state index contributed by atoms with van der Waals surface area (Å²) in [4.78, 5) is 49.7. The van der Waals surface area contributed by atoms with Crippen LogP contribution in [0.4, 0.5) is 11.4 Å². The lowest BCUT2D eigenvalue weighted by Crippen LogP contribution is -2.31. The van der Waals surface area contributed by atoms with Crippen molar-refractivity contribution < 1.29 is 23.9 Å². The Morgan fingerprint density at radius 3 is 2.29 bits per heavy atom. The molecule has 2 aromatic rings. The van der Waals surface area contributed by atoms with Gasteiger partial charge < -0.3 is 10.1 Å². The van der Waals surface area contributed by atoms with Crippen molar-refractivity contribution in [2.24, 2.45) is 0 Å². The van der Waals surface area contributed by atoms with Crippen molar-refractivity contribution in [1.29, 1.82) is 0 Å². The van der Waals surface area contributed by atoms with E-state index in [4.69, 9.17) is 0 Å². The largest absolute Gasteiger partial charge is 0.465 e. The van der Waals surface area contributed by atoms with E-state index >= 15 is 0 Å². The second-order valence-electron chi connectivity index (χ2n) is 6.12. The van der Waals surface area contributed by atoms with Gasteiger partial charge in [0, 0.05) is 23.9 Å². The maximum atomic E-state index is 12.7. The molecule has 28 heavy (non-hydrogen) atoms. The predicted octanol–water partition coefficient (Wildman–Crippen LogP) is 2.86. The van der Waals surface area contributed by atoms with Crippen LogP contribution in [0.15, 0.2) is 53.4 Å². The van der Waals surface area contributed by atoms with Crippen molar-refractivity contribution in [2.75, 3.05) is 17.3 Å². The molecule has 1 unspecified atom stereocenters. The van der Waals surface area contributed by atoms with Crippen LogP contribution >= 0.6 is 11.8 Å². The maximum absolute atomic E-state index is 12.7. The summed E-state index contributed by atoms with van der Waals surface area (Å²) in [5.74, 6) is -1.23. The zero-order valence-electron chi connectivity index (χ0n) is 15.3. The van der Waals surface area contributed by atoms with Crippen molar-refractivity contribution in [3.8, 4) is 0 Å². The Balaban J connectivity index is 1.71. The molecule has 1 atom stereocenters. The van der Waals surface area contributed by atoms with Gasteiger partial charge in [-0.25, -0.2) is 9.69 Å². The van der Waals surface area contributed by atoms with E-state index in [-0.39, 0.29) is 24.1 Å². The number of esters is 1. The van der Waals surface area contributed by atoms with Gasteiger partial charge in [-0.05, 0) is 48.5 Å². The summed E-state index contributed by atoms with van der Waals surface area (Å²) in [5.41, 5.74) is 1.43. The fourth-order valence-corrected chi connectivity index (χ4v) is 3.87. The number of anilines is 2. The molecule has 3 amide bonds. The Bertz CT molecular complexity index is 925. The summed E-state index contributed by atoms with van der Waals surface area (Å²) in [6, 6.07) is 13.2. The number of carbonyl (C=O) groups excluding carboxylic acids is 4. The summed E-state index contributed by atoms with van der Waals surface area (Å²) >= 11 is 1.30. The molecule has 144 valence electrons. The number of hydrogen-bond acceptors (Lipinski definition) is 6. The molecule has 1 N–H and O–H groups in total. The molecule has 8 heteroatoms. The number of amides is 3. The lowest BCUT2D eigenvalue weighted by atomic mass is 10.2. The summed E-state index contributed by atoms with van der Waals surface area (Å²) in [6.07, 6.45) is 0.0930. The van der Waals surface area contributed by atoms with Gasteiger partial charge in [-0.3, -0.25) is 14.4 Å². The van der Waals surface area contributed by atoms with E-state index < -0.39 is 11.2 Å². The molecule has 0 aliphatic carbocycles. The van der Waals surface area contributed by atoms with Crippen LogP contribution in [0.25, 0.3) is 0 Å². The molecular weight excluding hydrogens is 380 g/mol. The van der Waals surface area contributed by atoms with Crippen LogP contribution in [0.1, 0.15) is 23.7 Å². The fourth-order valence-electron chi connectivity index (χ4n) is 2.82. The number of thioether (sulfide) groups is 1. The number of ether oxygens (including phenoxy) is 1. The first kappa shape index (κ1) is 19.6. The highest BCUT2D eigenvalue weighted by Crippen LogP contribution is 2.34.